The van der Waals surface area contributed by atoms with Crippen molar-refractivity contribution in [2.24, 2.45) is 5.73 Å². The molecular formula is C16H23ClN2O5S. The molecule has 7 nitrogen and oxygen atoms in total. The SMILES string of the molecule is COC(=O)c1ccc(S(=O)(=O)N2CCC(OCCCN)CC2)cc1Cl. The molecule has 1 aliphatic heterocycles. The number of nitrogens with zero attached hydrogens (tertiary/aromatic N) is 1. The summed E-state index contributed by atoms with van der Waals surface area (Å²) in [6.45, 7) is 1.94. The molecule has 0 spiro atoms. The molecule has 1 heterocycles. The topological polar surface area (TPSA) is 98.9 Å². The molecule has 2 rings (SSSR count). The molecule has 0 amide bonds. The van der Waals surface area contributed by atoms with Crippen molar-refractivity contribution in [1.82, 2.24) is 4.31 Å². The van der Waals surface area contributed by atoms with Crippen LogP contribution in [0, 0.1) is 0 Å². The minimum atomic E-state index is -3.66. The average molecular weight is 391 g/mol. The Hall–Kier alpha value is -1.19. The number of carbonyl (C=O) groups is 1. The molecule has 2 N–H and O–H groups in total. The fourth-order valence-corrected chi connectivity index (χ4v) is 4.47. The zero-order chi connectivity index (χ0) is 18.4. The maximum absolute atomic E-state index is 12.8. The molecule has 0 unspecified atom stereocenters. The van der Waals surface area contributed by atoms with E-state index in [1.165, 1.54) is 29.6 Å². The highest BCUT2D eigenvalue weighted by Gasteiger charge is 2.30. The molecule has 0 aromatic heterocycles. The number of sulfonamides is 1. The van der Waals surface area contributed by atoms with Crippen LogP contribution in [0.25, 0.3) is 0 Å². The summed E-state index contributed by atoms with van der Waals surface area (Å²) in [6, 6.07) is 4.02. The van der Waals surface area contributed by atoms with Crippen molar-refractivity contribution in [1.29, 1.82) is 0 Å². The second kappa shape index (κ2) is 8.95. The van der Waals surface area contributed by atoms with E-state index in [0.29, 0.717) is 39.1 Å². The second-order valence-corrected chi connectivity index (χ2v) is 8.09. The number of hydrogen-bond donors (Lipinski definition) is 1. The predicted molar refractivity (Wildman–Crippen MR) is 94.2 cm³/mol. The Balaban J connectivity index is 2.05. The van der Waals surface area contributed by atoms with Gasteiger partial charge in [-0.25, -0.2) is 13.2 Å². The van der Waals surface area contributed by atoms with Crippen molar-refractivity contribution in [2.75, 3.05) is 33.4 Å². The molecule has 1 aromatic rings. The normalized spacial score (nSPS) is 16.8. The number of halogens is 1. The predicted octanol–water partition coefficient (Wildman–Crippen LogP) is 1.65. The van der Waals surface area contributed by atoms with Crippen molar-refractivity contribution in [3.8, 4) is 0 Å². The van der Waals surface area contributed by atoms with Gasteiger partial charge in [-0.15, -0.1) is 0 Å². The van der Waals surface area contributed by atoms with Crippen molar-refractivity contribution >= 4 is 27.6 Å². The van der Waals surface area contributed by atoms with Gasteiger partial charge < -0.3 is 15.2 Å². The van der Waals surface area contributed by atoms with E-state index >= 15 is 0 Å². The van der Waals surface area contributed by atoms with Gasteiger partial charge in [-0.1, -0.05) is 11.6 Å². The van der Waals surface area contributed by atoms with E-state index in [1.807, 2.05) is 0 Å². The van der Waals surface area contributed by atoms with Crippen molar-refractivity contribution < 1.29 is 22.7 Å². The van der Waals surface area contributed by atoms with Crippen molar-refractivity contribution in [2.45, 2.75) is 30.3 Å². The smallest absolute Gasteiger partial charge is 0.339 e. The van der Waals surface area contributed by atoms with E-state index in [2.05, 4.69) is 4.74 Å². The van der Waals surface area contributed by atoms with Crippen LogP contribution in [0.5, 0.6) is 0 Å². The second-order valence-electron chi connectivity index (χ2n) is 5.75. The number of ether oxygens (including phenoxy) is 2. The van der Waals surface area contributed by atoms with Crippen LogP contribution in [0.15, 0.2) is 23.1 Å². The Bertz CT molecular complexity index is 702. The highest BCUT2D eigenvalue weighted by molar-refractivity contribution is 7.89. The summed E-state index contributed by atoms with van der Waals surface area (Å²) in [5.41, 5.74) is 5.57. The third-order valence-corrected chi connectivity index (χ3v) is 6.29. The lowest BCUT2D eigenvalue weighted by Crippen LogP contribution is -2.41. The monoisotopic (exact) mass is 390 g/mol. The molecule has 0 saturated carbocycles. The average Bonchev–Trinajstić information content (AvgIpc) is 2.61. The molecule has 0 atom stereocenters. The van der Waals surface area contributed by atoms with Gasteiger partial charge in [0.25, 0.3) is 0 Å². The van der Waals surface area contributed by atoms with Gasteiger partial charge in [-0.05, 0) is 44.0 Å². The largest absolute Gasteiger partial charge is 0.465 e. The molecule has 1 aliphatic rings. The van der Waals surface area contributed by atoms with Gasteiger partial charge in [0.1, 0.15) is 0 Å². The van der Waals surface area contributed by atoms with Gasteiger partial charge in [0.15, 0.2) is 0 Å². The van der Waals surface area contributed by atoms with Crippen LogP contribution in [0.3, 0.4) is 0 Å². The Morgan fingerprint density at radius 2 is 2.04 bits per heavy atom. The van der Waals surface area contributed by atoms with Crippen LogP contribution in [-0.4, -0.2) is 58.1 Å². The number of piperidine rings is 1. The molecule has 0 radical (unpaired) electrons. The van der Waals surface area contributed by atoms with E-state index in [4.69, 9.17) is 22.1 Å². The van der Waals surface area contributed by atoms with Crippen molar-refractivity contribution in [3.63, 3.8) is 0 Å². The number of methoxy groups -OCH3 is 1. The molecule has 0 bridgehead atoms. The lowest BCUT2D eigenvalue weighted by atomic mass is 10.1. The Morgan fingerprint density at radius 3 is 2.60 bits per heavy atom. The molecule has 140 valence electrons. The minimum Gasteiger partial charge on any atom is -0.465 e. The Labute approximate surface area is 153 Å². The summed E-state index contributed by atoms with van der Waals surface area (Å²) in [5.74, 6) is -0.607. The van der Waals surface area contributed by atoms with Gasteiger partial charge in [-0.3, -0.25) is 0 Å². The summed E-state index contributed by atoms with van der Waals surface area (Å²) in [4.78, 5) is 11.6. The van der Waals surface area contributed by atoms with Crippen LogP contribution in [0.4, 0.5) is 0 Å². The van der Waals surface area contributed by atoms with Crippen LogP contribution in [0.1, 0.15) is 29.6 Å². The first-order valence-electron chi connectivity index (χ1n) is 8.10. The molecule has 1 aromatic carbocycles. The lowest BCUT2D eigenvalue weighted by molar-refractivity contribution is 0.0209. The first-order chi connectivity index (χ1) is 11.9. The summed E-state index contributed by atoms with van der Waals surface area (Å²) in [5, 5.41) is 0.0490. The van der Waals surface area contributed by atoms with E-state index < -0.39 is 16.0 Å². The van der Waals surface area contributed by atoms with E-state index in [-0.39, 0.29) is 21.6 Å². The van der Waals surface area contributed by atoms with Crippen LogP contribution < -0.4 is 5.73 Å². The Kier molecular flexibility index (Phi) is 7.21. The first-order valence-corrected chi connectivity index (χ1v) is 9.91. The number of esters is 1. The maximum Gasteiger partial charge on any atom is 0.339 e. The van der Waals surface area contributed by atoms with Gasteiger partial charge in [0, 0.05) is 19.7 Å². The zero-order valence-electron chi connectivity index (χ0n) is 14.1. The van der Waals surface area contributed by atoms with Gasteiger partial charge in [0.05, 0.1) is 28.7 Å². The minimum absolute atomic E-state index is 0.0490. The molecular weight excluding hydrogens is 368 g/mol. The number of nitrogens with two attached hydrogens (primary N) is 1. The van der Waals surface area contributed by atoms with E-state index in [0.717, 1.165) is 6.42 Å². The fourth-order valence-electron chi connectivity index (χ4n) is 2.65. The molecule has 25 heavy (non-hydrogen) atoms. The number of benzene rings is 1. The highest BCUT2D eigenvalue weighted by atomic mass is 35.5. The summed E-state index contributed by atoms with van der Waals surface area (Å²) < 4.78 is 37.2. The lowest BCUT2D eigenvalue weighted by Gasteiger charge is -2.31. The standard InChI is InChI=1S/C16H23ClN2O5S/c1-23-16(20)14-4-3-13(11-15(14)17)25(21,22)19-8-5-12(6-9-19)24-10-2-7-18/h3-4,11-12H,2,5-10,18H2,1H3. The quantitative estimate of drug-likeness (QED) is 0.561. The summed E-state index contributed by atoms with van der Waals surface area (Å²) in [6.07, 6.45) is 2.13. The number of rotatable bonds is 7. The van der Waals surface area contributed by atoms with E-state index in [1.54, 1.807) is 0 Å². The van der Waals surface area contributed by atoms with E-state index in [9.17, 15) is 13.2 Å². The zero-order valence-corrected chi connectivity index (χ0v) is 15.7. The fraction of sp³-hybridized carbons (Fsp3) is 0.562. The summed E-state index contributed by atoms with van der Waals surface area (Å²) >= 11 is 6.03. The van der Waals surface area contributed by atoms with Crippen LogP contribution in [-0.2, 0) is 19.5 Å². The maximum atomic E-state index is 12.8. The van der Waals surface area contributed by atoms with Gasteiger partial charge in [0.2, 0.25) is 10.0 Å². The third-order valence-electron chi connectivity index (χ3n) is 4.09. The number of hydrogen-bond acceptors (Lipinski definition) is 6. The summed E-state index contributed by atoms with van der Waals surface area (Å²) in [7, 11) is -2.42. The third kappa shape index (κ3) is 4.92. The molecule has 9 heteroatoms. The molecule has 1 saturated heterocycles. The number of carbonyl (C=O) groups excluding carboxylic acids is 1. The van der Waals surface area contributed by atoms with Gasteiger partial charge in [-0.2, -0.15) is 4.31 Å². The molecule has 1 fully saturated rings. The first kappa shape index (κ1) is 20.1. The highest BCUT2D eigenvalue weighted by Crippen LogP contribution is 2.26. The van der Waals surface area contributed by atoms with Crippen molar-refractivity contribution in [3.05, 3.63) is 28.8 Å². The van der Waals surface area contributed by atoms with Crippen LogP contribution in [0.2, 0.25) is 5.02 Å². The molecule has 0 aliphatic carbocycles. The van der Waals surface area contributed by atoms with Gasteiger partial charge >= 0.3 is 5.97 Å². The van der Waals surface area contributed by atoms with Crippen LogP contribution >= 0.6 is 11.6 Å². The Morgan fingerprint density at radius 1 is 1.36 bits per heavy atom.